The number of para-hydroxylation sites is 1. The Kier molecular flexibility index (Phi) is 7.64. The predicted octanol–water partition coefficient (Wildman–Crippen LogP) is 6.66. The quantitative estimate of drug-likeness (QED) is 0.177. The molecule has 8 aromatic rings. The van der Waals surface area contributed by atoms with Crippen molar-refractivity contribution in [1.29, 1.82) is 0 Å². The SMILES string of the molecule is CN(C)c1ccc2c(c1)[Si](C)(C)c1cccc3c1B2c1c(-n2c4ccccc4c4cc(C56CC7CC(CC(C7)C5)C6)ccc42)cccc1[Si]3(c1ccccc1)c1ccccc1. The molecular weight excluding hydrogens is 768 g/mol. The summed E-state index contributed by atoms with van der Waals surface area (Å²) in [4.78, 5) is 2.29. The van der Waals surface area contributed by atoms with Crippen molar-refractivity contribution < 1.29 is 0 Å². The number of benzene rings is 7. The fourth-order valence-corrected chi connectivity index (χ4v) is 23.3. The standard InChI is InChI=1S/C56H53BN2Si2/c1-58(2)41-26-27-46-53(33-41)60(3,4)50-22-14-24-52-55(50)57(46)54-49(21-13-23-51(54)61(52,42-15-7-5-8-16-42)43-17-9-6-10-18-43)59-47-20-12-11-19-44(47)45-32-40(25-28-48(45)59)56-34-37-29-38(35-56)31-39(30-37)36-56/h5-28,32-33,37-39H,29-31,34-36H2,1-4H3. The lowest BCUT2D eigenvalue weighted by molar-refractivity contribution is -0.00512. The first-order chi connectivity index (χ1) is 29.8. The number of nitrogens with zero attached hydrogens (tertiary/aromatic N) is 2. The van der Waals surface area contributed by atoms with E-state index in [1.165, 1.54) is 98.2 Å². The molecule has 5 heteroatoms. The largest absolute Gasteiger partial charge is 0.378 e. The maximum Gasteiger partial charge on any atom is 0.243 e. The minimum atomic E-state index is -2.87. The zero-order chi connectivity index (χ0) is 40.8. The maximum atomic E-state index is 2.70. The fourth-order valence-electron chi connectivity index (χ4n) is 14.7. The summed E-state index contributed by atoms with van der Waals surface area (Å²) in [5.41, 5.74) is 11.8. The van der Waals surface area contributed by atoms with E-state index in [0.29, 0.717) is 5.41 Å². The average Bonchev–Trinajstić information content (AvgIpc) is 3.61. The average molecular weight is 821 g/mol. The minimum Gasteiger partial charge on any atom is -0.378 e. The fraction of sp³-hybridized carbons (Fsp3) is 0.250. The van der Waals surface area contributed by atoms with Gasteiger partial charge in [0.2, 0.25) is 6.71 Å². The molecular formula is C56H53BN2Si2. The van der Waals surface area contributed by atoms with Crippen LogP contribution in [-0.2, 0) is 5.41 Å². The molecule has 4 saturated carbocycles. The Morgan fingerprint density at radius 1 is 0.541 bits per heavy atom. The molecule has 2 nitrogen and oxygen atoms in total. The summed E-state index contributed by atoms with van der Waals surface area (Å²) >= 11 is 0. The van der Waals surface area contributed by atoms with Gasteiger partial charge in [-0.3, -0.25) is 0 Å². The molecule has 4 bridgehead atoms. The Labute approximate surface area is 363 Å². The third-order valence-electron chi connectivity index (χ3n) is 16.8. The van der Waals surface area contributed by atoms with E-state index < -0.39 is 16.1 Å². The number of rotatable bonds is 5. The summed E-state index contributed by atoms with van der Waals surface area (Å²) in [6.45, 7) is 5.34. The number of aromatic nitrogens is 1. The zero-order valence-corrected chi connectivity index (χ0v) is 38.0. The zero-order valence-electron chi connectivity index (χ0n) is 36.0. The molecule has 0 N–H and O–H groups in total. The molecule has 2 aliphatic heterocycles. The molecule has 0 unspecified atom stereocenters. The number of hydrogen-bond donors (Lipinski definition) is 0. The third-order valence-corrected chi connectivity index (χ3v) is 25.2. The van der Waals surface area contributed by atoms with E-state index in [9.17, 15) is 0 Å². The van der Waals surface area contributed by atoms with E-state index >= 15 is 0 Å². The minimum absolute atomic E-state index is 0.111. The van der Waals surface area contributed by atoms with Crippen LogP contribution >= 0.6 is 0 Å². The number of hydrogen-bond acceptors (Lipinski definition) is 1. The Hall–Kier alpha value is -5.36. The highest BCUT2D eigenvalue weighted by Gasteiger charge is 2.56. The van der Waals surface area contributed by atoms with Crippen LogP contribution in [0.2, 0.25) is 13.1 Å². The summed E-state index contributed by atoms with van der Waals surface area (Å²) < 4.78 is 2.70. The molecule has 3 heterocycles. The second kappa shape index (κ2) is 12.8. The van der Waals surface area contributed by atoms with Gasteiger partial charge < -0.3 is 9.47 Å². The highest BCUT2D eigenvalue weighted by molar-refractivity contribution is 7.29. The van der Waals surface area contributed by atoms with Crippen molar-refractivity contribution in [3.8, 4) is 5.69 Å². The van der Waals surface area contributed by atoms with Crippen LogP contribution in [0.25, 0.3) is 27.5 Å². The van der Waals surface area contributed by atoms with Gasteiger partial charge in [0.25, 0.3) is 0 Å². The first-order valence-corrected chi connectivity index (χ1v) is 28.0. The normalized spacial score (nSPS) is 23.5. The van der Waals surface area contributed by atoms with Crippen LogP contribution in [0.3, 0.4) is 0 Å². The van der Waals surface area contributed by atoms with Crippen molar-refractivity contribution in [3.63, 3.8) is 0 Å². The molecule has 6 aliphatic rings. The Morgan fingerprint density at radius 3 is 1.80 bits per heavy atom. The van der Waals surface area contributed by atoms with Gasteiger partial charge in [-0.15, -0.1) is 0 Å². The van der Waals surface area contributed by atoms with Crippen LogP contribution in [-0.4, -0.2) is 41.5 Å². The highest BCUT2D eigenvalue weighted by atomic mass is 28.3. The van der Waals surface area contributed by atoms with Gasteiger partial charge in [0.05, 0.1) is 11.0 Å². The summed E-state index contributed by atoms with van der Waals surface area (Å²) in [6, 6.07) is 62.8. The molecule has 0 atom stereocenters. The molecule has 14 rings (SSSR count). The summed E-state index contributed by atoms with van der Waals surface area (Å²) in [6.07, 6.45) is 8.59. The van der Waals surface area contributed by atoms with Crippen molar-refractivity contribution in [2.24, 2.45) is 17.8 Å². The van der Waals surface area contributed by atoms with E-state index in [1.807, 2.05) is 0 Å². The summed E-state index contributed by atoms with van der Waals surface area (Å²) in [7, 11) is -0.660. The van der Waals surface area contributed by atoms with Gasteiger partial charge in [0, 0.05) is 36.2 Å². The van der Waals surface area contributed by atoms with Crippen LogP contribution in [0.15, 0.2) is 158 Å². The van der Waals surface area contributed by atoms with Gasteiger partial charge in [-0.05, 0) is 130 Å². The first kappa shape index (κ1) is 36.3. The molecule has 298 valence electrons. The molecule has 0 radical (unpaired) electrons. The molecule has 4 fully saturated rings. The van der Waals surface area contributed by atoms with E-state index in [4.69, 9.17) is 0 Å². The van der Waals surface area contributed by atoms with Gasteiger partial charge in [-0.1, -0.05) is 156 Å². The molecule has 1 aromatic heterocycles. The van der Waals surface area contributed by atoms with Crippen LogP contribution in [0.5, 0.6) is 0 Å². The monoisotopic (exact) mass is 820 g/mol. The Morgan fingerprint density at radius 2 is 1.13 bits per heavy atom. The molecule has 0 spiro atoms. The molecule has 61 heavy (non-hydrogen) atoms. The van der Waals surface area contributed by atoms with Crippen molar-refractivity contribution in [1.82, 2.24) is 4.57 Å². The topological polar surface area (TPSA) is 8.17 Å². The third kappa shape index (κ3) is 4.85. The van der Waals surface area contributed by atoms with Crippen LogP contribution in [0.4, 0.5) is 5.69 Å². The molecule has 0 saturated heterocycles. The first-order valence-electron chi connectivity index (χ1n) is 23.0. The smallest absolute Gasteiger partial charge is 0.243 e. The van der Waals surface area contributed by atoms with E-state index in [0.717, 1.165) is 17.8 Å². The van der Waals surface area contributed by atoms with E-state index in [1.54, 1.807) is 26.6 Å². The van der Waals surface area contributed by atoms with Gasteiger partial charge in [-0.2, -0.15) is 0 Å². The lowest BCUT2D eigenvalue weighted by Gasteiger charge is -2.57. The summed E-state index contributed by atoms with van der Waals surface area (Å²) in [5, 5.41) is 12.0. The number of fused-ring (bicyclic) bond motifs is 7. The van der Waals surface area contributed by atoms with Crippen LogP contribution in [0, 0.1) is 17.8 Å². The van der Waals surface area contributed by atoms with Gasteiger partial charge >= 0.3 is 0 Å². The summed E-state index contributed by atoms with van der Waals surface area (Å²) in [5.74, 6) is 2.77. The molecule has 0 amide bonds. The van der Waals surface area contributed by atoms with Crippen molar-refractivity contribution in [2.45, 2.75) is 57.0 Å². The maximum absolute atomic E-state index is 2.87. The van der Waals surface area contributed by atoms with Gasteiger partial charge in [-0.25, -0.2) is 0 Å². The van der Waals surface area contributed by atoms with Crippen LogP contribution in [0.1, 0.15) is 44.1 Å². The van der Waals surface area contributed by atoms with Gasteiger partial charge in [0.15, 0.2) is 8.07 Å². The second-order valence-electron chi connectivity index (χ2n) is 20.5. The molecule has 4 aliphatic carbocycles. The van der Waals surface area contributed by atoms with E-state index in [-0.39, 0.29) is 6.71 Å². The van der Waals surface area contributed by atoms with Crippen molar-refractivity contribution in [2.75, 3.05) is 19.0 Å². The van der Waals surface area contributed by atoms with E-state index in [2.05, 4.69) is 194 Å². The Balaban J connectivity index is 1.15. The molecule has 7 aromatic carbocycles. The lowest BCUT2D eigenvalue weighted by Crippen LogP contribution is -2.92. The highest BCUT2D eigenvalue weighted by Crippen LogP contribution is 2.61. The van der Waals surface area contributed by atoms with Gasteiger partial charge in [0.1, 0.15) is 8.07 Å². The van der Waals surface area contributed by atoms with Crippen molar-refractivity contribution >= 4 is 97.9 Å². The second-order valence-corrected chi connectivity index (χ2v) is 28.6. The van der Waals surface area contributed by atoms with Crippen LogP contribution < -0.4 is 52.4 Å². The predicted molar refractivity (Wildman–Crippen MR) is 266 cm³/mol. The van der Waals surface area contributed by atoms with Crippen molar-refractivity contribution in [3.05, 3.63) is 163 Å². The number of anilines is 1. The Bertz CT molecular complexity index is 3020. The lowest BCUT2D eigenvalue weighted by atomic mass is 9.36.